The Balaban J connectivity index is 2.69. The van der Waals surface area contributed by atoms with Crippen LogP contribution in [0.25, 0.3) is 0 Å². The zero-order valence-electron chi connectivity index (χ0n) is 11.7. The molecule has 0 saturated heterocycles. The standard InChI is InChI=1S/C15H24N2O2/c1-11(2)8-13(10-18)17-15(19)14(9-16)12-6-4-3-5-7-12/h3-7,11,13-14,18H,8-10,16H2,1-2H3,(H,17,19). The quantitative estimate of drug-likeness (QED) is 0.694. The van der Waals surface area contributed by atoms with Gasteiger partial charge in [0.05, 0.1) is 18.6 Å². The van der Waals surface area contributed by atoms with E-state index in [4.69, 9.17) is 5.73 Å². The summed E-state index contributed by atoms with van der Waals surface area (Å²) in [7, 11) is 0. The van der Waals surface area contributed by atoms with E-state index < -0.39 is 0 Å². The molecule has 4 heteroatoms. The van der Waals surface area contributed by atoms with E-state index in [1.54, 1.807) is 0 Å². The van der Waals surface area contributed by atoms with E-state index in [1.807, 2.05) is 30.3 Å². The van der Waals surface area contributed by atoms with Crippen LogP contribution in [0.2, 0.25) is 0 Å². The summed E-state index contributed by atoms with van der Waals surface area (Å²) in [6.07, 6.45) is 0.758. The highest BCUT2D eigenvalue weighted by Gasteiger charge is 2.21. The second-order valence-electron chi connectivity index (χ2n) is 5.22. The largest absolute Gasteiger partial charge is 0.394 e. The van der Waals surface area contributed by atoms with Gasteiger partial charge in [0, 0.05) is 6.54 Å². The third-order valence-corrected chi connectivity index (χ3v) is 3.08. The number of carbonyl (C=O) groups is 1. The maximum Gasteiger partial charge on any atom is 0.229 e. The number of hydrogen-bond donors (Lipinski definition) is 3. The number of benzene rings is 1. The predicted molar refractivity (Wildman–Crippen MR) is 76.7 cm³/mol. The summed E-state index contributed by atoms with van der Waals surface area (Å²) in [6.45, 7) is 4.34. The van der Waals surface area contributed by atoms with E-state index in [0.717, 1.165) is 12.0 Å². The van der Waals surface area contributed by atoms with Gasteiger partial charge in [0.15, 0.2) is 0 Å². The third kappa shape index (κ3) is 5.01. The number of nitrogens with two attached hydrogens (primary N) is 1. The number of nitrogens with one attached hydrogen (secondary N) is 1. The van der Waals surface area contributed by atoms with Crippen molar-refractivity contribution in [1.29, 1.82) is 0 Å². The highest BCUT2D eigenvalue weighted by Crippen LogP contribution is 2.15. The van der Waals surface area contributed by atoms with Crippen molar-refractivity contribution in [1.82, 2.24) is 5.32 Å². The minimum atomic E-state index is -0.359. The number of aliphatic hydroxyl groups excluding tert-OH is 1. The van der Waals surface area contributed by atoms with Crippen LogP contribution in [0.4, 0.5) is 0 Å². The van der Waals surface area contributed by atoms with Crippen molar-refractivity contribution < 1.29 is 9.90 Å². The first kappa shape index (κ1) is 15.7. The summed E-state index contributed by atoms with van der Waals surface area (Å²) < 4.78 is 0. The van der Waals surface area contributed by atoms with Gasteiger partial charge in [-0.15, -0.1) is 0 Å². The van der Waals surface area contributed by atoms with Crippen LogP contribution in [-0.4, -0.2) is 30.2 Å². The molecule has 2 unspecified atom stereocenters. The SMILES string of the molecule is CC(C)CC(CO)NC(=O)C(CN)c1ccccc1. The van der Waals surface area contributed by atoms with Crippen LogP contribution in [-0.2, 0) is 4.79 Å². The third-order valence-electron chi connectivity index (χ3n) is 3.08. The molecule has 0 heterocycles. The summed E-state index contributed by atoms with van der Waals surface area (Å²) in [4.78, 5) is 12.2. The van der Waals surface area contributed by atoms with Crippen LogP contribution >= 0.6 is 0 Å². The fourth-order valence-corrected chi connectivity index (χ4v) is 2.13. The number of carbonyl (C=O) groups excluding carboxylic acids is 1. The summed E-state index contributed by atoms with van der Waals surface area (Å²) in [5.41, 5.74) is 6.61. The van der Waals surface area contributed by atoms with Gasteiger partial charge in [-0.3, -0.25) is 4.79 Å². The van der Waals surface area contributed by atoms with Crippen LogP contribution in [0.1, 0.15) is 31.7 Å². The molecule has 0 fully saturated rings. The number of hydrogen-bond acceptors (Lipinski definition) is 3. The Morgan fingerprint density at radius 3 is 2.42 bits per heavy atom. The predicted octanol–water partition coefficient (Wildman–Crippen LogP) is 1.25. The van der Waals surface area contributed by atoms with E-state index >= 15 is 0 Å². The summed E-state index contributed by atoms with van der Waals surface area (Å²) in [5.74, 6) is -0.0543. The molecule has 1 aromatic rings. The lowest BCUT2D eigenvalue weighted by Gasteiger charge is -2.22. The minimum absolute atomic E-state index is 0.0456. The molecule has 4 nitrogen and oxygen atoms in total. The monoisotopic (exact) mass is 264 g/mol. The molecule has 19 heavy (non-hydrogen) atoms. The summed E-state index contributed by atoms with van der Waals surface area (Å²) >= 11 is 0. The Morgan fingerprint density at radius 2 is 1.95 bits per heavy atom. The molecule has 1 amide bonds. The molecular formula is C15H24N2O2. The van der Waals surface area contributed by atoms with Crippen molar-refractivity contribution in [3.8, 4) is 0 Å². The molecule has 106 valence electrons. The molecule has 2 atom stereocenters. The van der Waals surface area contributed by atoms with Gasteiger partial charge in [-0.25, -0.2) is 0 Å². The van der Waals surface area contributed by atoms with Gasteiger partial charge in [-0.1, -0.05) is 44.2 Å². The second-order valence-corrected chi connectivity index (χ2v) is 5.22. The van der Waals surface area contributed by atoms with Crippen LogP contribution in [0, 0.1) is 5.92 Å². The second kappa shape index (κ2) is 7.92. The zero-order valence-corrected chi connectivity index (χ0v) is 11.7. The Bertz CT molecular complexity index is 379. The van der Waals surface area contributed by atoms with Gasteiger partial charge >= 0.3 is 0 Å². The fraction of sp³-hybridized carbons (Fsp3) is 0.533. The number of amides is 1. The first-order valence-corrected chi connectivity index (χ1v) is 6.74. The molecular weight excluding hydrogens is 240 g/mol. The van der Waals surface area contributed by atoms with Gasteiger partial charge in [0.1, 0.15) is 0 Å². The Kier molecular flexibility index (Phi) is 6.53. The minimum Gasteiger partial charge on any atom is -0.394 e. The molecule has 1 aromatic carbocycles. The average molecular weight is 264 g/mol. The Hall–Kier alpha value is -1.39. The van der Waals surface area contributed by atoms with Crippen LogP contribution in [0.5, 0.6) is 0 Å². The molecule has 4 N–H and O–H groups in total. The van der Waals surface area contributed by atoms with Crippen molar-refractivity contribution >= 4 is 5.91 Å². The first-order valence-electron chi connectivity index (χ1n) is 6.74. The van der Waals surface area contributed by atoms with Crippen molar-refractivity contribution in [2.45, 2.75) is 32.2 Å². The molecule has 0 radical (unpaired) electrons. The van der Waals surface area contributed by atoms with Crippen molar-refractivity contribution in [3.05, 3.63) is 35.9 Å². The summed E-state index contributed by atoms with van der Waals surface area (Å²) in [6, 6.07) is 9.28. The fourth-order valence-electron chi connectivity index (χ4n) is 2.13. The van der Waals surface area contributed by atoms with E-state index in [9.17, 15) is 9.90 Å². The van der Waals surface area contributed by atoms with Crippen LogP contribution < -0.4 is 11.1 Å². The Labute approximate surface area is 115 Å². The van der Waals surface area contributed by atoms with Gasteiger partial charge in [0.2, 0.25) is 5.91 Å². The van der Waals surface area contributed by atoms with Crippen LogP contribution in [0.15, 0.2) is 30.3 Å². The molecule has 0 aliphatic carbocycles. The highest BCUT2D eigenvalue weighted by atomic mass is 16.3. The highest BCUT2D eigenvalue weighted by molar-refractivity contribution is 5.84. The molecule has 0 aromatic heterocycles. The van der Waals surface area contributed by atoms with E-state index in [0.29, 0.717) is 5.92 Å². The van der Waals surface area contributed by atoms with Gasteiger partial charge < -0.3 is 16.2 Å². The smallest absolute Gasteiger partial charge is 0.229 e. The van der Waals surface area contributed by atoms with Gasteiger partial charge in [-0.2, -0.15) is 0 Å². The van der Waals surface area contributed by atoms with Crippen LogP contribution in [0.3, 0.4) is 0 Å². The molecule has 0 bridgehead atoms. The maximum absolute atomic E-state index is 12.2. The van der Waals surface area contributed by atoms with Crippen molar-refractivity contribution in [2.24, 2.45) is 11.7 Å². The number of rotatable bonds is 7. The molecule has 0 aliphatic rings. The lowest BCUT2D eigenvalue weighted by Crippen LogP contribution is -2.42. The molecule has 0 spiro atoms. The average Bonchev–Trinajstić information content (AvgIpc) is 2.39. The van der Waals surface area contributed by atoms with E-state index in [1.165, 1.54) is 0 Å². The molecule has 0 saturated carbocycles. The maximum atomic E-state index is 12.2. The zero-order chi connectivity index (χ0) is 14.3. The number of aliphatic hydroxyl groups is 1. The van der Waals surface area contributed by atoms with E-state index in [-0.39, 0.29) is 31.0 Å². The Morgan fingerprint density at radius 1 is 1.32 bits per heavy atom. The topological polar surface area (TPSA) is 75.3 Å². The van der Waals surface area contributed by atoms with Crippen molar-refractivity contribution in [2.75, 3.05) is 13.2 Å². The lowest BCUT2D eigenvalue weighted by atomic mass is 9.97. The van der Waals surface area contributed by atoms with Crippen molar-refractivity contribution in [3.63, 3.8) is 0 Å². The van der Waals surface area contributed by atoms with Gasteiger partial charge in [0.25, 0.3) is 0 Å². The normalized spacial score (nSPS) is 14.2. The van der Waals surface area contributed by atoms with Gasteiger partial charge in [-0.05, 0) is 17.9 Å². The first-order chi connectivity index (χ1) is 9.08. The lowest BCUT2D eigenvalue weighted by molar-refractivity contribution is -0.123. The molecule has 1 rings (SSSR count). The molecule has 0 aliphatic heterocycles. The van der Waals surface area contributed by atoms with E-state index in [2.05, 4.69) is 19.2 Å². The summed E-state index contributed by atoms with van der Waals surface area (Å²) in [5, 5.41) is 12.2.